The molecule has 2 fully saturated rings. The number of hydrogen-bond acceptors (Lipinski definition) is 5. The van der Waals surface area contributed by atoms with Gasteiger partial charge in [0, 0.05) is 13.0 Å². The van der Waals surface area contributed by atoms with Gasteiger partial charge < -0.3 is 5.32 Å². The van der Waals surface area contributed by atoms with E-state index in [1.165, 1.54) is 0 Å². The van der Waals surface area contributed by atoms with E-state index in [2.05, 4.69) is 5.32 Å². The van der Waals surface area contributed by atoms with Gasteiger partial charge in [-0.2, -0.15) is 0 Å². The number of carbonyl (C=O) groups excluding carboxylic acids is 1. The summed E-state index contributed by atoms with van der Waals surface area (Å²) in [4.78, 5) is 11.7. The molecule has 0 aromatic carbocycles. The molecule has 0 aliphatic carbocycles. The van der Waals surface area contributed by atoms with E-state index >= 15 is 0 Å². The third-order valence-corrected chi connectivity index (χ3v) is 8.22. The molecular weight excluding hydrogens is 326 g/mol. The molecule has 0 saturated carbocycles. The summed E-state index contributed by atoms with van der Waals surface area (Å²) in [6, 6.07) is 0. The molecule has 1 N–H and O–H groups in total. The van der Waals surface area contributed by atoms with E-state index in [1.54, 1.807) is 0 Å². The highest BCUT2D eigenvalue weighted by atomic mass is 32.2. The molecule has 2 saturated heterocycles. The molecule has 2 heterocycles. The third-order valence-electron chi connectivity index (χ3n) is 4.54. The van der Waals surface area contributed by atoms with Crippen LogP contribution in [0.4, 0.5) is 0 Å². The van der Waals surface area contributed by atoms with Crippen LogP contribution in [0.3, 0.4) is 0 Å². The fraction of sp³-hybridized carbons (Fsp3) is 0.929. The lowest BCUT2D eigenvalue weighted by Crippen LogP contribution is -2.25. The molecule has 128 valence electrons. The van der Waals surface area contributed by atoms with Crippen molar-refractivity contribution < 1.29 is 21.6 Å². The third kappa shape index (κ3) is 5.87. The van der Waals surface area contributed by atoms with Crippen LogP contribution in [0.2, 0.25) is 0 Å². The van der Waals surface area contributed by atoms with Gasteiger partial charge in [-0.3, -0.25) is 4.79 Å². The van der Waals surface area contributed by atoms with Crippen LogP contribution in [0.15, 0.2) is 0 Å². The summed E-state index contributed by atoms with van der Waals surface area (Å²) < 4.78 is 45.3. The maximum absolute atomic E-state index is 11.7. The van der Waals surface area contributed by atoms with Crippen LogP contribution in [-0.2, 0) is 24.5 Å². The fourth-order valence-electron chi connectivity index (χ4n) is 3.24. The summed E-state index contributed by atoms with van der Waals surface area (Å²) in [5.74, 6) is 1.39. The average Bonchev–Trinajstić information content (AvgIpc) is 2.94. The molecule has 0 bridgehead atoms. The summed E-state index contributed by atoms with van der Waals surface area (Å²) in [6.07, 6.45) is 4.05. The maximum atomic E-state index is 11.7. The minimum atomic E-state index is -2.86. The van der Waals surface area contributed by atoms with Crippen molar-refractivity contribution in [2.45, 2.75) is 38.5 Å². The van der Waals surface area contributed by atoms with Gasteiger partial charge >= 0.3 is 0 Å². The van der Waals surface area contributed by atoms with Crippen LogP contribution in [0, 0.1) is 11.8 Å². The van der Waals surface area contributed by atoms with Crippen molar-refractivity contribution in [1.82, 2.24) is 5.32 Å². The lowest BCUT2D eigenvalue weighted by atomic mass is 10.0. The van der Waals surface area contributed by atoms with Crippen LogP contribution in [0.5, 0.6) is 0 Å². The lowest BCUT2D eigenvalue weighted by Gasteiger charge is -2.10. The standard InChI is InChI=1S/C14H25NO5S2/c16-14(4-3-13-6-9-22(19,20)11-13)15-7-1-2-12-5-8-21(17,18)10-12/h12-13H,1-11H2,(H,15,16). The summed E-state index contributed by atoms with van der Waals surface area (Å²) in [7, 11) is -5.68. The minimum Gasteiger partial charge on any atom is -0.356 e. The van der Waals surface area contributed by atoms with Crippen molar-refractivity contribution in [2.24, 2.45) is 11.8 Å². The number of rotatable bonds is 7. The van der Waals surface area contributed by atoms with Gasteiger partial charge in [-0.25, -0.2) is 16.8 Å². The molecule has 0 radical (unpaired) electrons. The summed E-state index contributed by atoms with van der Waals surface area (Å²) >= 11 is 0. The van der Waals surface area contributed by atoms with Crippen molar-refractivity contribution in [2.75, 3.05) is 29.6 Å². The first-order chi connectivity index (χ1) is 10.3. The van der Waals surface area contributed by atoms with E-state index in [-0.39, 0.29) is 35.0 Å². The molecule has 6 nitrogen and oxygen atoms in total. The Bertz CT molecular complexity index is 597. The van der Waals surface area contributed by atoms with E-state index in [0.717, 1.165) is 19.3 Å². The largest absolute Gasteiger partial charge is 0.356 e. The first-order valence-corrected chi connectivity index (χ1v) is 11.6. The van der Waals surface area contributed by atoms with Gasteiger partial charge in [-0.05, 0) is 43.9 Å². The van der Waals surface area contributed by atoms with Crippen molar-refractivity contribution in [1.29, 1.82) is 0 Å². The second-order valence-corrected chi connectivity index (χ2v) is 11.0. The van der Waals surface area contributed by atoms with E-state index in [1.807, 2.05) is 0 Å². The van der Waals surface area contributed by atoms with Crippen molar-refractivity contribution in [3.63, 3.8) is 0 Å². The Kier molecular flexibility index (Phi) is 5.87. The van der Waals surface area contributed by atoms with E-state index < -0.39 is 19.7 Å². The fourth-order valence-corrected chi connectivity index (χ4v) is 7.06. The number of hydrogen-bond donors (Lipinski definition) is 1. The highest BCUT2D eigenvalue weighted by Gasteiger charge is 2.28. The Balaban J connectivity index is 1.53. The molecule has 22 heavy (non-hydrogen) atoms. The molecule has 2 aliphatic rings. The van der Waals surface area contributed by atoms with E-state index in [0.29, 0.717) is 31.6 Å². The van der Waals surface area contributed by atoms with E-state index in [9.17, 15) is 21.6 Å². The zero-order valence-corrected chi connectivity index (χ0v) is 14.4. The van der Waals surface area contributed by atoms with Crippen LogP contribution < -0.4 is 5.32 Å². The molecule has 2 unspecified atom stereocenters. The van der Waals surface area contributed by atoms with Crippen molar-refractivity contribution >= 4 is 25.6 Å². The molecule has 0 spiro atoms. The van der Waals surface area contributed by atoms with Gasteiger partial charge in [0.15, 0.2) is 19.7 Å². The predicted molar refractivity (Wildman–Crippen MR) is 85.0 cm³/mol. The van der Waals surface area contributed by atoms with Gasteiger partial charge in [-0.1, -0.05) is 0 Å². The molecule has 2 rings (SSSR count). The average molecular weight is 351 g/mol. The highest BCUT2D eigenvalue weighted by Crippen LogP contribution is 2.23. The Morgan fingerprint density at radius 2 is 1.45 bits per heavy atom. The van der Waals surface area contributed by atoms with Crippen molar-refractivity contribution in [3.8, 4) is 0 Å². The topological polar surface area (TPSA) is 97.4 Å². The van der Waals surface area contributed by atoms with Crippen LogP contribution in [-0.4, -0.2) is 52.3 Å². The second kappa shape index (κ2) is 7.29. The Labute approximate surface area is 132 Å². The van der Waals surface area contributed by atoms with Crippen LogP contribution in [0.1, 0.15) is 38.5 Å². The Morgan fingerprint density at radius 1 is 0.909 bits per heavy atom. The van der Waals surface area contributed by atoms with Crippen molar-refractivity contribution in [3.05, 3.63) is 0 Å². The predicted octanol–water partition coefficient (Wildman–Crippen LogP) is 0.532. The maximum Gasteiger partial charge on any atom is 0.220 e. The van der Waals surface area contributed by atoms with Gasteiger partial charge in [0.1, 0.15) is 0 Å². The summed E-state index contributed by atoms with van der Waals surface area (Å²) in [5, 5.41) is 2.83. The molecule has 2 atom stereocenters. The van der Waals surface area contributed by atoms with Gasteiger partial charge in [0.05, 0.1) is 23.0 Å². The van der Waals surface area contributed by atoms with Gasteiger partial charge in [0.25, 0.3) is 0 Å². The van der Waals surface area contributed by atoms with Crippen LogP contribution >= 0.6 is 0 Å². The van der Waals surface area contributed by atoms with Crippen LogP contribution in [0.25, 0.3) is 0 Å². The first kappa shape index (κ1) is 17.7. The summed E-state index contributed by atoms with van der Waals surface area (Å²) in [6.45, 7) is 0.568. The first-order valence-electron chi connectivity index (χ1n) is 7.93. The Hall–Kier alpha value is -0.630. The normalized spacial score (nSPS) is 29.5. The summed E-state index contributed by atoms with van der Waals surface area (Å²) in [5.41, 5.74) is 0. The molecule has 8 heteroatoms. The number of amides is 1. The molecule has 0 aromatic heterocycles. The van der Waals surface area contributed by atoms with E-state index in [4.69, 9.17) is 0 Å². The molecule has 2 aliphatic heterocycles. The van der Waals surface area contributed by atoms with Gasteiger partial charge in [0.2, 0.25) is 5.91 Å². The number of sulfone groups is 2. The number of carbonyl (C=O) groups is 1. The monoisotopic (exact) mass is 351 g/mol. The highest BCUT2D eigenvalue weighted by molar-refractivity contribution is 7.91. The van der Waals surface area contributed by atoms with Gasteiger partial charge in [-0.15, -0.1) is 0 Å². The second-order valence-electron chi connectivity index (χ2n) is 6.57. The quantitative estimate of drug-likeness (QED) is 0.675. The SMILES string of the molecule is O=C(CCC1CCS(=O)(=O)C1)NCCCC1CCS(=O)(=O)C1. The smallest absolute Gasteiger partial charge is 0.220 e. The molecule has 0 aromatic rings. The number of nitrogens with one attached hydrogen (secondary N) is 1. The Morgan fingerprint density at radius 3 is 1.95 bits per heavy atom. The molecular formula is C14H25NO5S2. The zero-order chi connectivity index (χ0) is 16.2. The minimum absolute atomic E-state index is 0.0386. The lowest BCUT2D eigenvalue weighted by molar-refractivity contribution is -0.121. The molecule has 1 amide bonds. The zero-order valence-electron chi connectivity index (χ0n) is 12.8.